The van der Waals surface area contributed by atoms with Gasteiger partial charge in [0.2, 0.25) is 5.13 Å². The number of benzene rings is 3. The van der Waals surface area contributed by atoms with E-state index >= 15 is 0 Å². The summed E-state index contributed by atoms with van der Waals surface area (Å²) in [5.74, 6) is -0.909. The first-order valence-electron chi connectivity index (χ1n) is 10.3. The lowest BCUT2D eigenvalue weighted by molar-refractivity contribution is 0.0985. The zero-order valence-electron chi connectivity index (χ0n) is 17.6. The van der Waals surface area contributed by atoms with Crippen molar-refractivity contribution in [3.8, 4) is 0 Å². The minimum atomic E-state index is -0.411. The van der Waals surface area contributed by atoms with Crippen LogP contribution in [0.2, 0.25) is 0 Å². The first-order valence-corrected chi connectivity index (χ1v) is 12.0. The molecular formula is C26H16FN3O2S2. The minimum absolute atomic E-state index is 0.125. The number of thiazole rings is 1. The monoisotopic (exact) mass is 485 g/mol. The molecule has 0 bridgehead atoms. The van der Waals surface area contributed by atoms with Crippen LogP contribution in [-0.4, -0.2) is 22.9 Å². The average molecular weight is 486 g/mol. The Bertz CT molecular complexity index is 1490. The largest absolute Gasteiger partial charge is 0.289 e. The van der Waals surface area contributed by atoms with Crippen LogP contribution in [0.5, 0.6) is 0 Å². The van der Waals surface area contributed by atoms with E-state index in [0.29, 0.717) is 32.0 Å². The van der Waals surface area contributed by atoms with Gasteiger partial charge in [-0.15, -0.1) is 11.3 Å². The van der Waals surface area contributed by atoms with Crippen molar-refractivity contribution in [3.63, 3.8) is 0 Å². The fourth-order valence-corrected chi connectivity index (χ4v) is 4.81. The molecule has 2 heterocycles. The molecule has 0 aliphatic rings. The van der Waals surface area contributed by atoms with Gasteiger partial charge in [0.15, 0.2) is 5.78 Å². The van der Waals surface area contributed by atoms with Gasteiger partial charge in [0, 0.05) is 21.6 Å². The Balaban J connectivity index is 1.48. The number of ketones is 1. The number of hydrazone groups is 1. The first-order chi connectivity index (χ1) is 16.6. The van der Waals surface area contributed by atoms with E-state index in [1.54, 1.807) is 60.8 Å². The van der Waals surface area contributed by atoms with Gasteiger partial charge >= 0.3 is 0 Å². The number of aromatic nitrogens is 1. The van der Waals surface area contributed by atoms with Gasteiger partial charge in [0.1, 0.15) is 5.82 Å². The highest BCUT2D eigenvalue weighted by atomic mass is 32.1. The van der Waals surface area contributed by atoms with E-state index in [1.165, 1.54) is 39.8 Å². The summed E-state index contributed by atoms with van der Waals surface area (Å²) in [4.78, 5) is 31.5. The highest BCUT2D eigenvalue weighted by Gasteiger charge is 2.22. The number of nitrogens with zero attached hydrogens (tertiary/aromatic N) is 3. The summed E-state index contributed by atoms with van der Waals surface area (Å²) >= 11 is 2.66. The predicted molar refractivity (Wildman–Crippen MR) is 135 cm³/mol. The molecule has 8 heteroatoms. The summed E-state index contributed by atoms with van der Waals surface area (Å²) in [6, 6.07) is 23.4. The third-order valence-electron chi connectivity index (χ3n) is 4.99. The van der Waals surface area contributed by atoms with Crippen LogP contribution in [-0.2, 0) is 0 Å². The van der Waals surface area contributed by atoms with Crippen LogP contribution >= 0.6 is 22.7 Å². The normalized spacial score (nSPS) is 11.2. The molecule has 5 nitrogen and oxygen atoms in total. The van der Waals surface area contributed by atoms with E-state index in [1.807, 2.05) is 23.6 Å². The summed E-state index contributed by atoms with van der Waals surface area (Å²) in [5, 5.41) is 7.83. The fourth-order valence-electron chi connectivity index (χ4n) is 3.29. The maximum Gasteiger partial charge on any atom is 0.280 e. The number of thiophene rings is 1. The minimum Gasteiger partial charge on any atom is -0.289 e. The summed E-state index contributed by atoms with van der Waals surface area (Å²) in [7, 11) is 0. The van der Waals surface area contributed by atoms with Gasteiger partial charge in [0.05, 0.1) is 16.4 Å². The standard InChI is InChI=1S/C26H16FN3O2S2/c27-20-12-13-22-23(15-20)34-26(29-22)30(28-16-21-7-4-14-33-21)25(32)19-10-8-18(9-11-19)24(31)17-5-2-1-3-6-17/h1-16H/b28-16+. The van der Waals surface area contributed by atoms with Gasteiger partial charge in [0.25, 0.3) is 5.91 Å². The number of hydrogen-bond donors (Lipinski definition) is 0. The van der Waals surface area contributed by atoms with Gasteiger partial charge in [-0.3, -0.25) is 9.59 Å². The molecule has 0 spiro atoms. The molecule has 0 atom stereocenters. The molecule has 1 amide bonds. The molecule has 0 fully saturated rings. The second-order valence-electron chi connectivity index (χ2n) is 7.26. The van der Waals surface area contributed by atoms with Crippen molar-refractivity contribution < 1.29 is 14.0 Å². The Labute approximate surface area is 202 Å². The van der Waals surface area contributed by atoms with Crippen LogP contribution in [0.1, 0.15) is 31.2 Å². The molecule has 0 unspecified atom stereocenters. The summed E-state index contributed by atoms with van der Waals surface area (Å²) < 4.78 is 14.3. The van der Waals surface area contributed by atoms with Gasteiger partial charge in [-0.25, -0.2) is 9.37 Å². The Morgan fingerprint density at radius 3 is 2.35 bits per heavy atom. The Morgan fingerprint density at radius 2 is 1.62 bits per heavy atom. The van der Waals surface area contributed by atoms with Crippen LogP contribution in [0, 0.1) is 5.82 Å². The van der Waals surface area contributed by atoms with Crippen LogP contribution in [0.4, 0.5) is 9.52 Å². The second-order valence-corrected chi connectivity index (χ2v) is 9.25. The highest BCUT2D eigenvalue weighted by Crippen LogP contribution is 2.30. The predicted octanol–water partition coefficient (Wildman–Crippen LogP) is 6.41. The zero-order chi connectivity index (χ0) is 23.5. The number of halogens is 1. The first kappa shape index (κ1) is 21.8. The SMILES string of the molecule is O=C(c1ccccc1)c1ccc(C(=O)N(/N=C/c2cccs2)c2nc3ccc(F)cc3s2)cc1. The molecule has 0 N–H and O–H groups in total. The van der Waals surface area contributed by atoms with Crippen molar-refractivity contribution in [3.05, 3.63) is 118 Å². The van der Waals surface area contributed by atoms with Crippen LogP contribution in [0.25, 0.3) is 10.2 Å². The number of rotatable bonds is 6. The lowest BCUT2D eigenvalue weighted by atomic mass is 10.0. The number of hydrogen-bond acceptors (Lipinski definition) is 6. The molecule has 3 aromatic carbocycles. The second kappa shape index (κ2) is 9.46. The molecule has 5 rings (SSSR count). The van der Waals surface area contributed by atoms with Gasteiger partial charge in [-0.1, -0.05) is 59.9 Å². The Morgan fingerprint density at radius 1 is 0.882 bits per heavy atom. The molecule has 0 radical (unpaired) electrons. The van der Waals surface area contributed by atoms with Crippen LogP contribution in [0.3, 0.4) is 0 Å². The number of fused-ring (bicyclic) bond motifs is 1. The smallest absolute Gasteiger partial charge is 0.280 e. The van der Waals surface area contributed by atoms with Gasteiger partial charge in [-0.05, 0) is 41.8 Å². The molecule has 2 aromatic heterocycles. The molecule has 0 aliphatic heterocycles. The lowest BCUT2D eigenvalue weighted by Crippen LogP contribution is -2.25. The molecule has 0 saturated carbocycles. The van der Waals surface area contributed by atoms with Crippen molar-refractivity contribution in [2.45, 2.75) is 0 Å². The van der Waals surface area contributed by atoms with Crippen molar-refractivity contribution in [1.82, 2.24) is 4.98 Å². The molecule has 166 valence electrons. The van der Waals surface area contributed by atoms with Gasteiger partial charge in [-0.2, -0.15) is 10.1 Å². The molecule has 0 aliphatic carbocycles. The number of carbonyl (C=O) groups is 2. The van der Waals surface area contributed by atoms with E-state index < -0.39 is 5.91 Å². The molecule has 5 aromatic rings. The van der Waals surface area contributed by atoms with E-state index in [2.05, 4.69) is 10.1 Å². The van der Waals surface area contributed by atoms with Crippen LogP contribution < -0.4 is 5.01 Å². The average Bonchev–Trinajstić information content (AvgIpc) is 3.54. The third kappa shape index (κ3) is 4.54. The number of anilines is 1. The zero-order valence-corrected chi connectivity index (χ0v) is 19.2. The maximum atomic E-state index is 13.7. The van der Waals surface area contributed by atoms with E-state index in [-0.39, 0.29) is 11.6 Å². The summed E-state index contributed by atoms with van der Waals surface area (Å²) in [6.07, 6.45) is 1.59. The third-order valence-corrected chi connectivity index (χ3v) is 6.79. The Kier molecular flexibility index (Phi) is 6.07. The quantitative estimate of drug-likeness (QED) is 0.159. The lowest BCUT2D eigenvalue weighted by Gasteiger charge is -2.14. The van der Waals surface area contributed by atoms with E-state index in [9.17, 15) is 14.0 Å². The molecular weight excluding hydrogens is 469 g/mol. The number of carbonyl (C=O) groups excluding carboxylic acids is 2. The molecule has 0 saturated heterocycles. The van der Waals surface area contributed by atoms with Crippen LogP contribution in [0.15, 0.2) is 95.4 Å². The van der Waals surface area contributed by atoms with Crippen molar-refractivity contribution in [2.24, 2.45) is 5.10 Å². The fraction of sp³-hybridized carbons (Fsp3) is 0. The number of amides is 1. The van der Waals surface area contributed by atoms with E-state index in [0.717, 1.165) is 4.88 Å². The maximum absolute atomic E-state index is 13.7. The van der Waals surface area contributed by atoms with Crippen molar-refractivity contribution in [1.29, 1.82) is 0 Å². The molecule has 34 heavy (non-hydrogen) atoms. The summed E-state index contributed by atoms with van der Waals surface area (Å²) in [6.45, 7) is 0. The van der Waals surface area contributed by atoms with Gasteiger partial charge < -0.3 is 0 Å². The van der Waals surface area contributed by atoms with E-state index in [4.69, 9.17) is 0 Å². The van der Waals surface area contributed by atoms with Crippen molar-refractivity contribution in [2.75, 3.05) is 5.01 Å². The Hall–Kier alpha value is -4.01. The van der Waals surface area contributed by atoms with Crippen molar-refractivity contribution >= 4 is 55.9 Å². The highest BCUT2D eigenvalue weighted by molar-refractivity contribution is 7.22. The summed E-state index contributed by atoms with van der Waals surface area (Å²) in [5.41, 5.74) is 1.98. The topological polar surface area (TPSA) is 62.6 Å².